The van der Waals surface area contributed by atoms with Gasteiger partial charge < -0.3 is 5.73 Å². The summed E-state index contributed by atoms with van der Waals surface area (Å²) in [6.45, 7) is 7.34. The third kappa shape index (κ3) is 2.75. The molecule has 0 spiro atoms. The van der Waals surface area contributed by atoms with E-state index in [9.17, 15) is 0 Å². The van der Waals surface area contributed by atoms with Gasteiger partial charge in [-0.15, -0.1) is 13.2 Å². The quantitative estimate of drug-likeness (QED) is 0.710. The lowest BCUT2D eigenvalue weighted by atomic mass is 10.1. The van der Waals surface area contributed by atoms with Crippen LogP contribution < -0.4 is 5.73 Å². The fourth-order valence-electron chi connectivity index (χ4n) is 1.21. The number of anilines is 1. The van der Waals surface area contributed by atoms with E-state index in [2.05, 4.69) is 18.1 Å². The van der Waals surface area contributed by atoms with E-state index in [1.54, 1.807) is 0 Å². The summed E-state index contributed by atoms with van der Waals surface area (Å²) in [5, 5.41) is 0. The van der Waals surface area contributed by atoms with Gasteiger partial charge in [0.25, 0.3) is 0 Å². The number of pyridine rings is 1. The van der Waals surface area contributed by atoms with Crippen LogP contribution in [0.5, 0.6) is 0 Å². The Hall–Kier alpha value is -1.57. The van der Waals surface area contributed by atoms with Crippen molar-refractivity contribution < 1.29 is 0 Å². The van der Waals surface area contributed by atoms with E-state index in [0.29, 0.717) is 5.82 Å². The van der Waals surface area contributed by atoms with Crippen LogP contribution in [-0.2, 0) is 12.8 Å². The van der Waals surface area contributed by atoms with Crippen LogP contribution in [0.4, 0.5) is 5.82 Å². The van der Waals surface area contributed by atoms with Gasteiger partial charge in [-0.3, -0.25) is 0 Å². The van der Waals surface area contributed by atoms with Crippen LogP contribution in [-0.4, -0.2) is 4.98 Å². The molecule has 2 nitrogen and oxygen atoms in total. The summed E-state index contributed by atoms with van der Waals surface area (Å²) in [6.07, 6.45) is 5.26. The lowest BCUT2D eigenvalue weighted by Crippen LogP contribution is -1.97. The highest BCUT2D eigenvalue weighted by Crippen LogP contribution is 2.09. The van der Waals surface area contributed by atoms with Gasteiger partial charge in [-0.1, -0.05) is 12.2 Å². The lowest BCUT2D eigenvalue weighted by Gasteiger charge is -2.02. The zero-order valence-corrected chi connectivity index (χ0v) is 7.66. The van der Waals surface area contributed by atoms with E-state index >= 15 is 0 Å². The Kier molecular flexibility index (Phi) is 3.26. The van der Waals surface area contributed by atoms with E-state index in [-0.39, 0.29) is 0 Å². The highest BCUT2D eigenvalue weighted by Gasteiger charge is 1.97. The Morgan fingerprint density at radius 1 is 1.23 bits per heavy atom. The van der Waals surface area contributed by atoms with Gasteiger partial charge in [0.2, 0.25) is 0 Å². The van der Waals surface area contributed by atoms with Crippen LogP contribution in [0.3, 0.4) is 0 Å². The van der Waals surface area contributed by atoms with Gasteiger partial charge in [0.15, 0.2) is 0 Å². The predicted molar refractivity (Wildman–Crippen MR) is 56.5 cm³/mol. The average molecular weight is 174 g/mol. The molecule has 0 aliphatic carbocycles. The molecule has 0 saturated heterocycles. The maximum atomic E-state index is 5.64. The van der Waals surface area contributed by atoms with Crippen molar-refractivity contribution in [3.05, 3.63) is 48.7 Å². The number of allylic oxidation sites excluding steroid dienone is 2. The van der Waals surface area contributed by atoms with Crippen molar-refractivity contribution in [2.24, 2.45) is 0 Å². The Morgan fingerprint density at radius 3 is 2.54 bits per heavy atom. The van der Waals surface area contributed by atoms with Crippen molar-refractivity contribution in [1.82, 2.24) is 4.98 Å². The fourth-order valence-corrected chi connectivity index (χ4v) is 1.21. The second kappa shape index (κ2) is 4.45. The van der Waals surface area contributed by atoms with Crippen molar-refractivity contribution >= 4 is 5.82 Å². The fraction of sp³-hybridized carbons (Fsp3) is 0.182. The highest BCUT2D eigenvalue weighted by molar-refractivity contribution is 5.36. The molecule has 0 radical (unpaired) electrons. The first-order valence-electron chi connectivity index (χ1n) is 4.23. The van der Waals surface area contributed by atoms with E-state index < -0.39 is 0 Å². The molecule has 0 amide bonds. The molecule has 1 aromatic rings. The van der Waals surface area contributed by atoms with Crippen LogP contribution in [0.2, 0.25) is 0 Å². The molecule has 0 aromatic carbocycles. The molecule has 0 unspecified atom stereocenters. The second-order valence-electron chi connectivity index (χ2n) is 2.88. The topological polar surface area (TPSA) is 38.9 Å². The molecule has 2 N–H and O–H groups in total. The van der Waals surface area contributed by atoms with Crippen molar-refractivity contribution in [2.75, 3.05) is 5.73 Å². The zero-order chi connectivity index (χ0) is 9.68. The summed E-state index contributed by atoms with van der Waals surface area (Å²) < 4.78 is 0. The zero-order valence-electron chi connectivity index (χ0n) is 7.66. The van der Waals surface area contributed by atoms with Crippen LogP contribution >= 0.6 is 0 Å². The smallest absolute Gasteiger partial charge is 0.123 e. The first kappa shape index (κ1) is 9.52. The predicted octanol–water partition coefficient (Wildman–Crippen LogP) is 2.12. The van der Waals surface area contributed by atoms with Gasteiger partial charge in [-0.2, -0.15) is 0 Å². The summed E-state index contributed by atoms with van der Waals surface area (Å²) in [5.74, 6) is 0.566. The highest BCUT2D eigenvalue weighted by atomic mass is 14.8. The van der Waals surface area contributed by atoms with Crippen molar-refractivity contribution in [2.45, 2.75) is 12.8 Å². The minimum Gasteiger partial charge on any atom is -0.384 e. The lowest BCUT2D eigenvalue weighted by molar-refractivity contribution is 1.09. The number of nitrogens with zero attached hydrogens (tertiary/aromatic N) is 1. The number of nitrogens with two attached hydrogens (primary N) is 1. The summed E-state index contributed by atoms with van der Waals surface area (Å²) in [4.78, 5) is 4.18. The van der Waals surface area contributed by atoms with Gasteiger partial charge in [0, 0.05) is 12.1 Å². The Bertz CT molecular complexity index is 288. The van der Waals surface area contributed by atoms with Crippen LogP contribution in [0.15, 0.2) is 37.4 Å². The molecule has 1 heterocycles. The van der Waals surface area contributed by atoms with E-state index in [4.69, 9.17) is 5.73 Å². The molecular weight excluding hydrogens is 160 g/mol. The average Bonchev–Trinajstić information content (AvgIpc) is 2.04. The van der Waals surface area contributed by atoms with E-state index in [1.165, 1.54) is 0 Å². The molecule has 68 valence electrons. The number of nitrogen functional groups attached to an aromatic ring is 1. The molecule has 0 atom stereocenters. The molecule has 0 aliphatic heterocycles. The van der Waals surface area contributed by atoms with Gasteiger partial charge >= 0.3 is 0 Å². The summed E-state index contributed by atoms with van der Waals surface area (Å²) in [7, 11) is 0. The van der Waals surface area contributed by atoms with Gasteiger partial charge in [-0.25, -0.2) is 4.98 Å². The summed E-state index contributed by atoms with van der Waals surface area (Å²) in [5.41, 5.74) is 7.76. The van der Waals surface area contributed by atoms with Crippen molar-refractivity contribution in [1.29, 1.82) is 0 Å². The van der Waals surface area contributed by atoms with Gasteiger partial charge in [0.1, 0.15) is 5.82 Å². The number of aromatic nitrogens is 1. The molecule has 0 fully saturated rings. The third-order valence-electron chi connectivity index (χ3n) is 1.69. The molecule has 0 bridgehead atoms. The minimum atomic E-state index is 0.566. The Labute approximate surface area is 78.8 Å². The molecule has 2 heteroatoms. The SMILES string of the molecule is C=CCc1cc(N)nc(CC=C)c1. The normalized spacial score (nSPS) is 9.54. The third-order valence-corrected chi connectivity index (χ3v) is 1.69. The first-order valence-corrected chi connectivity index (χ1v) is 4.23. The van der Waals surface area contributed by atoms with Crippen LogP contribution in [0.25, 0.3) is 0 Å². The standard InChI is InChI=1S/C11H14N2/c1-3-5-9-7-10(6-4-2)13-11(12)8-9/h3-4,7-8H,1-2,5-6H2,(H2,12,13). The Balaban J connectivity index is 2.95. The molecular formula is C11H14N2. The monoisotopic (exact) mass is 174 g/mol. The first-order chi connectivity index (χ1) is 6.26. The largest absolute Gasteiger partial charge is 0.384 e. The van der Waals surface area contributed by atoms with Crippen molar-refractivity contribution in [3.8, 4) is 0 Å². The van der Waals surface area contributed by atoms with Gasteiger partial charge in [0.05, 0.1) is 0 Å². The summed E-state index contributed by atoms with van der Waals surface area (Å²) in [6, 6.07) is 3.90. The Morgan fingerprint density at radius 2 is 1.92 bits per heavy atom. The maximum absolute atomic E-state index is 5.64. The summed E-state index contributed by atoms with van der Waals surface area (Å²) >= 11 is 0. The van der Waals surface area contributed by atoms with Crippen molar-refractivity contribution in [3.63, 3.8) is 0 Å². The van der Waals surface area contributed by atoms with E-state index in [1.807, 2.05) is 24.3 Å². The van der Waals surface area contributed by atoms with Gasteiger partial charge in [-0.05, 0) is 24.1 Å². The number of hydrogen-bond donors (Lipinski definition) is 1. The molecule has 13 heavy (non-hydrogen) atoms. The molecule has 1 rings (SSSR count). The maximum Gasteiger partial charge on any atom is 0.123 e. The number of rotatable bonds is 4. The van der Waals surface area contributed by atoms with E-state index in [0.717, 1.165) is 24.1 Å². The molecule has 0 saturated carbocycles. The molecule has 0 aliphatic rings. The van der Waals surface area contributed by atoms with Crippen LogP contribution in [0.1, 0.15) is 11.3 Å². The van der Waals surface area contributed by atoms with Crippen LogP contribution in [0, 0.1) is 0 Å². The minimum absolute atomic E-state index is 0.566. The second-order valence-corrected chi connectivity index (χ2v) is 2.88. The number of hydrogen-bond acceptors (Lipinski definition) is 2. The molecule has 1 aromatic heterocycles.